The van der Waals surface area contributed by atoms with Crippen LogP contribution in [0.4, 0.5) is 17.1 Å². The maximum absolute atomic E-state index is 5.43. The molecule has 3 heteroatoms. The summed E-state index contributed by atoms with van der Waals surface area (Å²) in [5.74, 6) is 0. The standard InChI is InChI=1S/2C7H9N.C6H7N/c1-6-2-4-7(8)5-3-6;1-8-7-5-3-2-4-6-7;7-6-4-2-1-3-5-6/h2-5H,8H2,1H3;2-6,8H,1H3;1-5H,7H2. The topological polar surface area (TPSA) is 64.1 Å². The fraction of sp³-hybridized carbons (Fsp3) is 0.100. The number of para-hydroxylation sites is 2. The zero-order valence-corrected chi connectivity index (χ0v) is 13.7. The van der Waals surface area contributed by atoms with E-state index in [0.29, 0.717) is 0 Å². The highest BCUT2D eigenvalue weighted by molar-refractivity contribution is 5.41. The summed E-state index contributed by atoms with van der Waals surface area (Å²) in [6.07, 6.45) is 0. The normalized spacial score (nSPS) is 8.78. The Balaban J connectivity index is 0.000000173. The summed E-state index contributed by atoms with van der Waals surface area (Å²) in [5.41, 5.74) is 14.8. The fourth-order valence-electron chi connectivity index (χ4n) is 1.62. The van der Waals surface area contributed by atoms with Crippen LogP contribution in [0.5, 0.6) is 0 Å². The van der Waals surface area contributed by atoms with Gasteiger partial charge in [-0.3, -0.25) is 0 Å². The van der Waals surface area contributed by atoms with Crippen molar-refractivity contribution in [3.05, 3.63) is 90.5 Å². The van der Waals surface area contributed by atoms with Crippen LogP contribution in [-0.4, -0.2) is 7.05 Å². The van der Waals surface area contributed by atoms with Crippen molar-refractivity contribution in [3.8, 4) is 0 Å². The van der Waals surface area contributed by atoms with E-state index in [1.807, 2.05) is 98.9 Å². The zero-order chi connectivity index (χ0) is 16.9. The lowest BCUT2D eigenvalue weighted by Gasteiger charge is -1.94. The van der Waals surface area contributed by atoms with Gasteiger partial charge in [0.1, 0.15) is 0 Å². The van der Waals surface area contributed by atoms with E-state index in [1.54, 1.807) is 0 Å². The summed E-state index contributed by atoms with van der Waals surface area (Å²) in [7, 11) is 1.91. The van der Waals surface area contributed by atoms with Gasteiger partial charge in [-0.1, -0.05) is 54.1 Å². The molecule has 0 aromatic heterocycles. The maximum atomic E-state index is 5.43. The number of aryl methyl sites for hydroxylation is 1. The number of hydrogen-bond acceptors (Lipinski definition) is 3. The summed E-state index contributed by atoms with van der Waals surface area (Å²) >= 11 is 0. The van der Waals surface area contributed by atoms with E-state index in [0.717, 1.165) is 17.1 Å². The summed E-state index contributed by atoms with van der Waals surface area (Å²) < 4.78 is 0. The lowest BCUT2D eigenvalue weighted by atomic mass is 10.2. The molecule has 0 amide bonds. The highest BCUT2D eigenvalue weighted by atomic mass is 14.8. The quantitative estimate of drug-likeness (QED) is 0.577. The highest BCUT2D eigenvalue weighted by Gasteiger charge is 1.80. The van der Waals surface area contributed by atoms with Crippen LogP contribution >= 0.6 is 0 Å². The third-order valence-electron chi connectivity index (χ3n) is 2.94. The molecule has 0 unspecified atom stereocenters. The average molecular weight is 307 g/mol. The summed E-state index contributed by atoms with van der Waals surface area (Å²) in [4.78, 5) is 0. The Kier molecular flexibility index (Phi) is 8.46. The molecule has 3 rings (SSSR count). The fourth-order valence-corrected chi connectivity index (χ4v) is 1.62. The maximum Gasteiger partial charge on any atom is 0.0337 e. The van der Waals surface area contributed by atoms with Gasteiger partial charge in [0.15, 0.2) is 0 Å². The summed E-state index contributed by atoms with van der Waals surface area (Å²) in [6.45, 7) is 2.04. The monoisotopic (exact) mass is 307 g/mol. The molecule has 0 atom stereocenters. The van der Waals surface area contributed by atoms with Crippen LogP contribution < -0.4 is 16.8 Å². The number of nitrogens with one attached hydrogen (secondary N) is 1. The average Bonchev–Trinajstić information content (AvgIpc) is 2.60. The summed E-state index contributed by atoms with van der Waals surface area (Å²) in [6, 6.07) is 27.3. The number of anilines is 3. The number of nitrogen functional groups attached to an aromatic ring is 2. The molecule has 3 aromatic rings. The van der Waals surface area contributed by atoms with Crippen molar-refractivity contribution >= 4 is 17.1 Å². The molecule has 0 bridgehead atoms. The van der Waals surface area contributed by atoms with E-state index in [-0.39, 0.29) is 0 Å². The van der Waals surface area contributed by atoms with E-state index in [2.05, 4.69) is 5.32 Å². The van der Waals surface area contributed by atoms with Gasteiger partial charge in [-0.15, -0.1) is 0 Å². The van der Waals surface area contributed by atoms with Crippen molar-refractivity contribution in [1.82, 2.24) is 0 Å². The first kappa shape index (κ1) is 18.1. The van der Waals surface area contributed by atoms with Gasteiger partial charge in [-0.05, 0) is 43.3 Å². The van der Waals surface area contributed by atoms with Gasteiger partial charge in [0.2, 0.25) is 0 Å². The lowest BCUT2D eigenvalue weighted by Crippen LogP contribution is -1.84. The van der Waals surface area contributed by atoms with Crippen LogP contribution in [0.15, 0.2) is 84.9 Å². The molecule has 3 aromatic carbocycles. The van der Waals surface area contributed by atoms with Crippen molar-refractivity contribution < 1.29 is 0 Å². The second kappa shape index (κ2) is 10.7. The van der Waals surface area contributed by atoms with Crippen LogP contribution in [0, 0.1) is 6.92 Å². The Morgan fingerprint density at radius 1 is 0.609 bits per heavy atom. The second-order valence-electron chi connectivity index (χ2n) is 4.94. The van der Waals surface area contributed by atoms with E-state index in [4.69, 9.17) is 11.5 Å². The van der Waals surface area contributed by atoms with Crippen molar-refractivity contribution in [1.29, 1.82) is 0 Å². The molecule has 0 saturated carbocycles. The van der Waals surface area contributed by atoms with Gasteiger partial charge < -0.3 is 16.8 Å². The third-order valence-corrected chi connectivity index (χ3v) is 2.94. The minimum atomic E-state index is 0.822. The molecule has 3 nitrogen and oxygen atoms in total. The molecule has 0 radical (unpaired) electrons. The van der Waals surface area contributed by atoms with Gasteiger partial charge in [0.05, 0.1) is 0 Å². The smallest absolute Gasteiger partial charge is 0.0337 e. The van der Waals surface area contributed by atoms with Crippen molar-refractivity contribution in [2.75, 3.05) is 23.8 Å². The Morgan fingerprint density at radius 2 is 1.04 bits per heavy atom. The Labute approximate surface area is 139 Å². The number of rotatable bonds is 1. The Morgan fingerprint density at radius 3 is 1.35 bits per heavy atom. The molecule has 0 aliphatic heterocycles. The highest BCUT2D eigenvalue weighted by Crippen LogP contribution is 2.02. The molecule has 0 saturated heterocycles. The zero-order valence-electron chi connectivity index (χ0n) is 13.7. The first-order chi connectivity index (χ1) is 11.1. The van der Waals surface area contributed by atoms with Gasteiger partial charge >= 0.3 is 0 Å². The molecule has 0 aliphatic rings. The molecule has 0 aliphatic carbocycles. The Bertz CT molecular complexity index is 614. The van der Waals surface area contributed by atoms with Gasteiger partial charge in [0, 0.05) is 24.1 Å². The predicted molar refractivity (Wildman–Crippen MR) is 102 cm³/mol. The van der Waals surface area contributed by atoms with Gasteiger partial charge in [-0.25, -0.2) is 0 Å². The molecule has 120 valence electrons. The SMILES string of the molecule is CNc1ccccc1.Cc1ccc(N)cc1.Nc1ccccc1. The van der Waals surface area contributed by atoms with Crippen molar-refractivity contribution in [2.24, 2.45) is 0 Å². The lowest BCUT2D eigenvalue weighted by molar-refractivity contribution is 1.47. The van der Waals surface area contributed by atoms with Crippen molar-refractivity contribution in [3.63, 3.8) is 0 Å². The molecule has 0 heterocycles. The minimum absolute atomic E-state index is 0.822. The molecular formula is C20H25N3. The molecule has 0 spiro atoms. The van der Waals surface area contributed by atoms with E-state index in [9.17, 15) is 0 Å². The Hall–Kier alpha value is -2.94. The van der Waals surface area contributed by atoms with Crippen molar-refractivity contribution in [2.45, 2.75) is 6.92 Å². The first-order valence-corrected chi connectivity index (χ1v) is 7.47. The van der Waals surface area contributed by atoms with E-state index >= 15 is 0 Å². The first-order valence-electron chi connectivity index (χ1n) is 7.47. The molecular weight excluding hydrogens is 282 g/mol. The molecule has 0 fully saturated rings. The largest absolute Gasteiger partial charge is 0.399 e. The molecule has 23 heavy (non-hydrogen) atoms. The van der Waals surface area contributed by atoms with Crippen LogP contribution in [0.2, 0.25) is 0 Å². The number of benzene rings is 3. The predicted octanol–water partition coefficient (Wildman–Crippen LogP) is 4.57. The van der Waals surface area contributed by atoms with Crippen LogP contribution in [0.25, 0.3) is 0 Å². The van der Waals surface area contributed by atoms with Gasteiger partial charge in [0.25, 0.3) is 0 Å². The molecule has 5 N–H and O–H groups in total. The van der Waals surface area contributed by atoms with Gasteiger partial charge in [-0.2, -0.15) is 0 Å². The number of nitrogens with two attached hydrogens (primary N) is 2. The second-order valence-corrected chi connectivity index (χ2v) is 4.94. The van der Waals surface area contributed by atoms with Crippen LogP contribution in [0.1, 0.15) is 5.56 Å². The van der Waals surface area contributed by atoms with Crippen LogP contribution in [0.3, 0.4) is 0 Å². The summed E-state index contributed by atoms with van der Waals surface area (Å²) in [5, 5.41) is 3.03. The minimum Gasteiger partial charge on any atom is -0.399 e. The van der Waals surface area contributed by atoms with E-state index < -0.39 is 0 Å². The van der Waals surface area contributed by atoms with Crippen LogP contribution in [-0.2, 0) is 0 Å². The number of hydrogen-bond donors (Lipinski definition) is 3. The third kappa shape index (κ3) is 8.83. The van der Waals surface area contributed by atoms with E-state index in [1.165, 1.54) is 5.56 Å².